The molecule has 8 heteroatoms. The van der Waals surface area contributed by atoms with E-state index < -0.39 is 12.6 Å². The Morgan fingerprint density at radius 1 is 1.10 bits per heavy atom. The summed E-state index contributed by atoms with van der Waals surface area (Å²) in [5, 5.41) is 0.463. The van der Waals surface area contributed by atoms with Crippen molar-refractivity contribution in [2.45, 2.75) is 26.8 Å². The van der Waals surface area contributed by atoms with Gasteiger partial charge in [0.1, 0.15) is 5.69 Å². The number of esters is 2. The monoisotopic (exact) mass is 410 g/mol. The molecule has 0 radical (unpaired) electrons. The predicted molar refractivity (Wildman–Crippen MR) is 110 cm³/mol. The van der Waals surface area contributed by atoms with Crippen molar-refractivity contribution in [3.05, 3.63) is 69.3 Å². The topological polar surface area (TPSA) is 107 Å². The number of carbonyl (C=O) groups excluding carboxylic acids is 3. The Labute approximate surface area is 172 Å². The molecule has 0 aliphatic carbocycles. The average molecular weight is 410 g/mol. The van der Waals surface area contributed by atoms with E-state index in [9.17, 15) is 19.2 Å². The molecule has 0 atom stereocenters. The van der Waals surface area contributed by atoms with Crippen molar-refractivity contribution < 1.29 is 23.9 Å². The smallest absolute Gasteiger partial charge is 0.355 e. The number of hydrogen-bond donors (Lipinski definition) is 1. The second kappa shape index (κ2) is 8.77. The normalized spacial score (nSPS) is 10.8. The third kappa shape index (κ3) is 4.32. The van der Waals surface area contributed by atoms with Crippen LogP contribution in [0.3, 0.4) is 0 Å². The molecule has 3 rings (SSSR count). The van der Waals surface area contributed by atoms with Crippen molar-refractivity contribution >= 4 is 28.6 Å². The van der Waals surface area contributed by atoms with Gasteiger partial charge in [-0.1, -0.05) is 12.1 Å². The Hall–Kier alpha value is -3.68. The van der Waals surface area contributed by atoms with E-state index in [1.807, 2.05) is 11.5 Å². The molecule has 0 unspecified atom stereocenters. The zero-order chi connectivity index (χ0) is 21.8. The average Bonchev–Trinajstić information content (AvgIpc) is 3.03. The number of Topliss-reactive ketones (excluding diaryl/α,β-unsaturated/α-hetero) is 1. The van der Waals surface area contributed by atoms with Crippen molar-refractivity contribution in [2.24, 2.45) is 0 Å². The largest absolute Gasteiger partial charge is 0.469 e. The van der Waals surface area contributed by atoms with Crippen LogP contribution in [0.1, 0.15) is 38.7 Å². The SMILES string of the molecule is COC(=O)CCn1c(C)cc(C(=O)COC(=O)c2cc(=O)c3ccccc3[nH]2)c1C. The van der Waals surface area contributed by atoms with Crippen molar-refractivity contribution in [1.82, 2.24) is 9.55 Å². The minimum absolute atomic E-state index is 0.0185. The molecule has 1 aromatic carbocycles. The Morgan fingerprint density at radius 2 is 1.83 bits per heavy atom. The molecule has 0 aliphatic heterocycles. The summed E-state index contributed by atoms with van der Waals surface area (Å²) in [6.07, 6.45) is 0.185. The van der Waals surface area contributed by atoms with Crippen LogP contribution in [0.2, 0.25) is 0 Å². The van der Waals surface area contributed by atoms with E-state index in [1.54, 1.807) is 37.3 Å². The van der Waals surface area contributed by atoms with Gasteiger partial charge in [-0.2, -0.15) is 0 Å². The molecule has 0 aliphatic rings. The van der Waals surface area contributed by atoms with Crippen molar-refractivity contribution in [2.75, 3.05) is 13.7 Å². The lowest BCUT2D eigenvalue weighted by molar-refractivity contribution is -0.140. The zero-order valence-electron chi connectivity index (χ0n) is 17.0. The molecule has 0 amide bonds. The molecule has 0 spiro atoms. The number of nitrogens with zero attached hydrogens (tertiary/aromatic N) is 1. The van der Waals surface area contributed by atoms with Gasteiger partial charge in [0, 0.05) is 40.5 Å². The van der Waals surface area contributed by atoms with Gasteiger partial charge in [-0.25, -0.2) is 4.79 Å². The Balaban J connectivity index is 1.71. The summed E-state index contributed by atoms with van der Waals surface area (Å²) < 4.78 is 11.6. The number of ketones is 1. The lowest BCUT2D eigenvalue weighted by atomic mass is 10.1. The van der Waals surface area contributed by atoms with Gasteiger partial charge in [0.2, 0.25) is 5.78 Å². The maximum atomic E-state index is 12.6. The lowest BCUT2D eigenvalue weighted by Gasteiger charge is -2.09. The molecular weight excluding hydrogens is 388 g/mol. The molecule has 0 bridgehead atoms. The molecule has 2 heterocycles. The number of aromatic nitrogens is 2. The van der Waals surface area contributed by atoms with Gasteiger partial charge in [-0.3, -0.25) is 14.4 Å². The van der Waals surface area contributed by atoms with E-state index in [4.69, 9.17) is 4.74 Å². The van der Waals surface area contributed by atoms with Gasteiger partial charge in [0.15, 0.2) is 12.0 Å². The number of ether oxygens (including phenoxy) is 2. The fourth-order valence-corrected chi connectivity index (χ4v) is 3.33. The second-order valence-electron chi connectivity index (χ2n) is 6.85. The van der Waals surface area contributed by atoms with Gasteiger partial charge < -0.3 is 19.0 Å². The van der Waals surface area contributed by atoms with Crippen LogP contribution < -0.4 is 5.43 Å². The molecule has 1 N–H and O–H groups in total. The number of H-pyrrole nitrogens is 1. The molecule has 0 saturated carbocycles. The number of carbonyl (C=O) groups is 3. The highest BCUT2D eigenvalue weighted by Gasteiger charge is 2.19. The van der Waals surface area contributed by atoms with E-state index in [2.05, 4.69) is 9.72 Å². The minimum Gasteiger partial charge on any atom is -0.469 e. The maximum absolute atomic E-state index is 12.6. The second-order valence-corrected chi connectivity index (χ2v) is 6.85. The van der Waals surface area contributed by atoms with E-state index >= 15 is 0 Å². The fraction of sp³-hybridized carbons (Fsp3) is 0.273. The van der Waals surface area contributed by atoms with Crippen LogP contribution in [0.25, 0.3) is 10.9 Å². The number of fused-ring (bicyclic) bond motifs is 1. The van der Waals surface area contributed by atoms with Gasteiger partial charge in [0.05, 0.1) is 13.5 Å². The third-order valence-corrected chi connectivity index (χ3v) is 4.93. The van der Waals surface area contributed by atoms with Gasteiger partial charge >= 0.3 is 11.9 Å². The van der Waals surface area contributed by atoms with Crippen LogP contribution in [0.4, 0.5) is 0 Å². The summed E-state index contributed by atoms with van der Waals surface area (Å²) in [6.45, 7) is 3.51. The van der Waals surface area contributed by atoms with Crippen LogP contribution in [-0.2, 0) is 20.8 Å². The van der Waals surface area contributed by atoms with E-state index in [0.717, 1.165) is 11.8 Å². The number of methoxy groups -OCH3 is 1. The highest BCUT2D eigenvalue weighted by atomic mass is 16.5. The molecule has 2 aromatic heterocycles. The molecule has 0 fully saturated rings. The standard InChI is InChI=1S/C22H22N2O6/c1-13-10-16(14(2)24(13)9-8-21(27)29-3)20(26)12-30-22(28)18-11-19(25)15-6-4-5-7-17(15)23-18/h4-7,10-11H,8-9,12H2,1-3H3,(H,23,25). The number of aromatic amines is 1. The van der Waals surface area contributed by atoms with E-state index in [1.165, 1.54) is 7.11 Å². The zero-order valence-corrected chi connectivity index (χ0v) is 17.0. The predicted octanol–water partition coefficient (Wildman–Crippen LogP) is 2.55. The first kappa shape index (κ1) is 21.0. The van der Waals surface area contributed by atoms with E-state index in [0.29, 0.717) is 28.7 Å². The number of hydrogen-bond acceptors (Lipinski definition) is 6. The first-order chi connectivity index (χ1) is 14.3. The highest BCUT2D eigenvalue weighted by molar-refractivity contribution is 6.00. The van der Waals surface area contributed by atoms with Crippen LogP contribution in [0.5, 0.6) is 0 Å². The molecule has 156 valence electrons. The summed E-state index contributed by atoms with van der Waals surface area (Å²) in [5.41, 5.74) is 2.09. The number of aryl methyl sites for hydroxylation is 1. The maximum Gasteiger partial charge on any atom is 0.355 e. The number of para-hydroxylation sites is 1. The van der Waals surface area contributed by atoms with Crippen molar-refractivity contribution in [3.8, 4) is 0 Å². The number of benzene rings is 1. The quantitative estimate of drug-likeness (QED) is 0.474. The molecular formula is C22H22N2O6. The summed E-state index contributed by atoms with van der Waals surface area (Å²) in [4.78, 5) is 51.3. The lowest BCUT2D eigenvalue weighted by Crippen LogP contribution is -2.18. The van der Waals surface area contributed by atoms with Gasteiger partial charge in [-0.05, 0) is 32.0 Å². The minimum atomic E-state index is -0.786. The Bertz CT molecular complexity index is 1190. The molecule has 3 aromatic rings. The molecule has 8 nitrogen and oxygen atoms in total. The van der Waals surface area contributed by atoms with Crippen LogP contribution in [-0.4, -0.2) is 41.0 Å². The fourth-order valence-electron chi connectivity index (χ4n) is 3.33. The van der Waals surface area contributed by atoms with Crippen LogP contribution in [0, 0.1) is 13.8 Å². The first-order valence-electron chi connectivity index (χ1n) is 9.37. The number of rotatable bonds is 7. The number of pyridine rings is 1. The molecule has 30 heavy (non-hydrogen) atoms. The van der Waals surface area contributed by atoms with Crippen LogP contribution >= 0.6 is 0 Å². The van der Waals surface area contributed by atoms with Crippen LogP contribution in [0.15, 0.2) is 41.2 Å². The summed E-state index contributed by atoms with van der Waals surface area (Å²) >= 11 is 0. The first-order valence-corrected chi connectivity index (χ1v) is 9.37. The number of nitrogens with one attached hydrogen (secondary N) is 1. The summed E-state index contributed by atoms with van der Waals surface area (Å²) in [6, 6.07) is 9.67. The Morgan fingerprint density at radius 3 is 2.57 bits per heavy atom. The van der Waals surface area contributed by atoms with Crippen molar-refractivity contribution in [3.63, 3.8) is 0 Å². The van der Waals surface area contributed by atoms with Gasteiger partial charge in [-0.15, -0.1) is 0 Å². The third-order valence-electron chi connectivity index (χ3n) is 4.93. The van der Waals surface area contributed by atoms with E-state index in [-0.39, 0.29) is 29.3 Å². The molecule has 0 saturated heterocycles. The Kier molecular flexibility index (Phi) is 6.15. The summed E-state index contributed by atoms with van der Waals surface area (Å²) in [5.74, 6) is -1.50. The summed E-state index contributed by atoms with van der Waals surface area (Å²) in [7, 11) is 1.32. The van der Waals surface area contributed by atoms with Crippen molar-refractivity contribution in [1.29, 1.82) is 0 Å². The van der Waals surface area contributed by atoms with Gasteiger partial charge in [0.25, 0.3) is 0 Å². The highest BCUT2D eigenvalue weighted by Crippen LogP contribution is 2.17.